The molecule has 1 aromatic rings. The molecular formula is C7H6N2O. The van der Waals surface area contributed by atoms with Gasteiger partial charge in [-0.15, -0.1) is 0 Å². The third-order valence-corrected chi connectivity index (χ3v) is 1.34. The summed E-state index contributed by atoms with van der Waals surface area (Å²) in [6, 6.07) is 1.86. The first-order valence-corrected chi connectivity index (χ1v) is 2.99. The van der Waals surface area contributed by atoms with E-state index in [1.54, 1.807) is 18.7 Å². The van der Waals surface area contributed by atoms with Gasteiger partial charge in [0.05, 0.1) is 5.69 Å². The van der Waals surface area contributed by atoms with E-state index in [2.05, 4.69) is 10.5 Å². The summed E-state index contributed by atoms with van der Waals surface area (Å²) in [7, 11) is 0. The Bertz CT molecular complexity index is 270. The van der Waals surface area contributed by atoms with Crippen LogP contribution in [0.15, 0.2) is 24.7 Å². The molecule has 1 aliphatic heterocycles. The number of hydrogen-bond donors (Lipinski definition) is 1. The zero-order valence-electron chi connectivity index (χ0n) is 5.24. The van der Waals surface area contributed by atoms with Gasteiger partial charge in [0.2, 0.25) is 0 Å². The molecule has 50 valence electrons. The maximum absolute atomic E-state index is 4.84. The van der Waals surface area contributed by atoms with Gasteiger partial charge in [0.1, 0.15) is 6.26 Å². The molecule has 0 bridgehead atoms. The van der Waals surface area contributed by atoms with Gasteiger partial charge in [0.15, 0.2) is 0 Å². The lowest BCUT2D eigenvalue weighted by atomic mass is 10.2. The number of nitrogens with one attached hydrogen (secondary N) is 1. The van der Waals surface area contributed by atoms with Crippen LogP contribution in [0.3, 0.4) is 0 Å². The highest BCUT2D eigenvalue weighted by molar-refractivity contribution is 5.65. The summed E-state index contributed by atoms with van der Waals surface area (Å²) in [4.78, 5) is 8.79. The van der Waals surface area contributed by atoms with Gasteiger partial charge in [-0.05, 0) is 12.1 Å². The summed E-state index contributed by atoms with van der Waals surface area (Å²) in [5.74, 6) is 0. The molecule has 0 saturated carbocycles. The lowest BCUT2D eigenvalue weighted by molar-refractivity contribution is 0.329. The first kappa shape index (κ1) is 5.29. The fraction of sp³-hybridized carbons (Fsp3) is 0. The van der Waals surface area contributed by atoms with Gasteiger partial charge in [-0.2, -0.15) is 0 Å². The molecule has 0 amide bonds. The first-order chi connectivity index (χ1) is 4.97. The van der Waals surface area contributed by atoms with E-state index in [-0.39, 0.29) is 0 Å². The number of anilines is 1. The smallest absolute Gasteiger partial charge is 0.119 e. The number of nitrogens with zero attached hydrogens (tertiary/aromatic N) is 1. The number of pyridine rings is 1. The van der Waals surface area contributed by atoms with Crippen LogP contribution in [-0.4, -0.2) is 4.98 Å². The predicted molar refractivity (Wildman–Crippen MR) is 38.0 cm³/mol. The molecule has 2 heterocycles. The highest BCUT2D eigenvalue weighted by atomic mass is 16.6. The second-order valence-electron chi connectivity index (χ2n) is 1.99. The molecule has 3 heteroatoms. The molecule has 0 unspecified atom stereocenters. The monoisotopic (exact) mass is 134 g/mol. The van der Waals surface area contributed by atoms with E-state index in [0.717, 1.165) is 11.3 Å². The maximum Gasteiger partial charge on any atom is 0.119 e. The van der Waals surface area contributed by atoms with Gasteiger partial charge in [0, 0.05) is 18.0 Å². The quantitative estimate of drug-likeness (QED) is 0.582. The molecule has 0 radical (unpaired) electrons. The van der Waals surface area contributed by atoms with Crippen LogP contribution in [0.1, 0.15) is 5.56 Å². The normalized spacial score (nSPS) is 13.2. The van der Waals surface area contributed by atoms with Crippen molar-refractivity contribution in [1.29, 1.82) is 0 Å². The van der Waals surface area contributed by atoms with Crippen LogP contribution < -0.4 is 5.48 Å². The summed E-state index contributed by atoms with van der Waals surface area (Å²) < 4.78 is 0. The van der Waals surface area contributed by atoms with E-state index in [9.17, 15) is 0 Å². The molecule has 2 rings (SSSR count). The van der Waals surface area contributed by atoms with Crippen molar-refractivity contribution >= 4 is 11.8 Å². The minimum atomic E-state index is 0.956. The Hall–Kier alpha value is -1.51. The van der Waals surface area contributed by atoms with Crippen molar-refractivity contribution in [3.63, 3.8) is 0 Å². The van der Waals surface area contributed by atoms with Crippen molar-refractivity contribution in [2.75, 3.05) is 5.48 Å². The molecule has 3 nitrogen and oxygen atoms in total. The molecule has 0 atom stereocenters. The zero-order valence-corrected chi connectivity index (χ0v) is 5.24. The molecule has 0 fully saturated rings. The zero-order chi connectivity index (χ0) is 6.81. The highest BCUT2D eigenvalue weighted by Gasteiger charge is 2.01. The SMILES string of the molecule is C1=Cc2cnccc2NO1. The Morgan fingerprint density at radius 3 is 3.40 bits per heavy atom. The van der Waals surface area contributed by atoms with Gasteiger partial charge in [-0.3, -0.25) is 4.98 Å². The average molecular weight is 134 g/mol. The van der Waals surface area contributed by atoms with Crippen molar-refractivity contribution in [2.45, 2.75) is 0 Å². The van der Waals surface area contributed by atoms with E-state index in [1.807, 2.05) is 12.1 Å². The number of rotatable bonds is 0. The Labute approximate surface area is 58.3 Å². The highest BCUT2D eigenvalue weighted by Crippen LogP contribution is 2.18. The van der Waals surface area contributed by atoms with E-state index in [0.29, 0.717) is 0 Å². The van der Waals surface area contributed by atoms with E-state index < -0.39 is 0 Å². The lowest BCUT2D eigenvalue weighted by Crippen LogP contribution is -2.01. The molecular weight excluding hydrogens is 128 g/mol. The van der Waals surface area contributed by atoms with Crippen molar-refractivity contribution in [3.8, 4) is 0 Å². The van der Waals surface area contributed by atoms with Crippen molar-refractivity contribution in [2.24, 2.45) is 0 Å². The lowest BCUT2D eigenvalue weighted by Gasteiger charge is -2.10. The summed E-state index contributed by atoms with van der Waals surface area (Å²) in [6.07, 6.45) is 6.94. The number of hydrogen-bond acceptors (Lipinski definition) is 3. The van der Waals surface area contributed by atoms with Gasteiger partial charge < -0.3 is 4.84 Å². The minimum Gasteiger partial charge on any atom is -0.390 e. The molecule has 0 aromatic carbocycles. The van der Waals surface area contributed by atoms with Crippen LogP contribution in [0.2, 0.25) is 0 Å². The summed E-state index contributed by atoms with van der Waals surface area (Å²) in [5, 5.41) is 0. The maximum atomic E-state index is 4.84. The molecule has 1 aromatic heterocycles. The number of fused-ring (bicyclic) bond motifs is 1. The van der Waals surface area contributed by atoms with Gasteiger partial charge in [0.25, 0.3) is 0 Å². The predicted octanol–water partition coefficient (Wildman–Crippen LogP) is 1.41. The summed E-state index contributed by atoms with van der Waals surface area (Å²) in [5.41, 5.74) is 4.74. The van der Waals surface area contributed by atoms with Crippen molar-refractivity contribution in [3.05, 3.63) is 30.3 Å². The van der Waals surface area contributed by atoms with Crippen LogP contribution >= 0.6 is 0 Å². The van der Waals surface area contributed by atoms with Gasteiger partial charge in [-0.25, -0.2) is 5.48 Å². The molecule has 0 aliphatic carbocycles. The van der Waals surface area contributed by atoms with Crippen LogP contribution in [0, 0.1) is 0 Å². The second-order valence-corrected chi connectivity index (χ2v) is 1.99. The van der Waals surface area contributed by atoms with Gasteiger partial charge in [-0.1, -0.05) is 0 Å². The fourth-order valence-corrected chi connectivity index (χ4v) is 0.837. The summed E-state index contributed by atoms with van der Waals surface area (Å²) >= 11 is 0. The Balaban J connectivity index is 2.54. The fourth-order valence-electron chi connectivity index (χ4n) is 0.837. The van der Waals surface area contributed by atoms with Crippen molar-refractivity contribution in [1.82, 2.24) is 4.98 Å². The molecule has 1 aliphatic rings. The van der Waals surface area contributed by atoms with Crippen LogP contribution in [-0.2, 0) is 4.84 Å². The van der Waals surface area contributed by atoms with Crippen molar-refractivity contribution < 1.29 is 4.84 Å². The van der Waals surface area contributed by atoms with E-state index >= 15 is 0 Å². The largest absolute Gasteiger partial charge is 0.390 e. The third-order valence-electron chi connectivity index (χ3n) is 1.34. The second kappa shape index (κ2) is 2.02. The molecule has 0 saturated heterocycles. The van der Waals surface area contributed by atoms with Crippen LogP contribution in [0.25, 0.3) is 6.08 Å². The standard InChI is InChI=1S/C7H6N2O/c1-3-8-5-6-2-4-10-9-7(1)6/h1-5,9H. The average Bonchev–Trinajstić information content (AvgIpc) is 2.05. The van der Waals surface area contributed by atoms with E-state index in [4.69, 9.17) is 4.84 Å². The number of aromatic nitrogens is 1. The van der Waals surface area contributed by atoms with E-state index in [1.165, 1.54) is 0 Å². The van der Waals surface area contributed by atoms with Crippen LogP contribution in [0.5, 0.6) is 0 Å². The third kappa shape index (κ3) is 0.719. The molecule has 0 spiro atoms. The van der Waals surface area contributed by atoms with Gasteiger partial charge >= 0.3 is 0 Å². The van der Waals surface area contributed by atoms with Crippen LogP contribution in [0.4, 0.5) is 5.69 Å². The Kier molecular flexibility index (Phi) is 1.07. The summed E-state index contributed by atoms with van der Waals surface area (Å²) in [6.45, 7) is 0. The Morgan fingerprint density at radius 2 is 2.50 bits per heavy atom. The first-order valence-electron chi connectivity index (χ1n) is 2.99. The molecule has 10 heavy (non-hydrogen) atoms. The topological polar surface area (TPSA) is 34.2 Å². The minimum absolute atomic E-state index is 0.956. The Morgan fingerprint density at radius 1 is 1.50 bits per heavy atom. The molecule has 1 N–H and O–H groups in total.